The number of hydrogen-bond donors (Lipinski definition) is 1. The molecule has 2 rings (SSSR count). The van der Waals surface area contributed by atoms with E-state index in [1.807, 2.05) is 31.3 Å². The summed E-state index contributed by atoms with van der Waals surface area (Å²) in [6.45, 7) is 4.15. The number of halogens is 1. The van der Waals surface area contributed by atoms with Gasteiger partial charge in [0.1, 0.15) is 0 Å². The predicted octanol–water partition coefficient (Wildman–Crippen LogP) is 4.12. The lowest BCUT2D eigenvalue weighted by Crippen LogP contribution is -2.08. The summed E-state index contributed by atoms with van der Waals surface area (Å²) < 4.78 is 2.83. The highest BCUT2D eigenvalue weighted by Crippen LogP contribution is 2.22. The summed E-state index contributed by atoms with van der Waals surface area (Å²) >= 11 is 11.2. The molecule has 1 N–H and O–H groups in total. The monoisotopic (exact) mass is 252 g/mol. The molecular formula is C12H13ClN2S. The minimum atomic E-state index is 0.192. The summed E-state index contributed by atoms with van der Waals surface area (Å²) in [4.78, 5) is 3.05. The molecule has 1 unspecified atom stereocenters. The molecule has 0 bridgehead atoms. The second-order valence-corrected chi connectivity index (χ2v) is 4.66. The van der Waals surface area contributed by atoms with Gasteiger partial charge in [0, 0.05) is 16.9 Å². The fourth-order valence-electron chi connectivity index (χ4n) is 1.86. The molecule has 0 spiro atoms. The van der Waals surface area contributed by atoms with Gasteiger partial charge in [-0.15, -0.1) is 0 Å². The van der Waals surface area contributed by atoms with Gasteiger partial charge in [-0.25, -0.2) is 0 Å². The number of aromatic amines is 1. The van der Waals surface area contributed by atoms with Crippen molar-refractivity contribution in [3.63, 3.8) is 0 Å². The Hall–Kier alpha value is -1.06. The minimum absolute atomic E-state index is 0.192. The Morgan fingerprint density at radius 3 is 2.75 bits per heavy atom. The average Bonchev–Trinajstić information content (AvgIpc) is 2.58. The van der Waals surface area contributed by atoms with Crippen LogP contribution in [0.5, 0.6) is 0 Å². The van der Waals surface area contributed by atoms with Crippen molar-refractivity contribution >= 4 is 23.8 Å². The third kappa shape index (κ3) is 2.06. The minimum Gasteiger partial charge on any atom is -0.337 e. The molecule has 1 aromatic carbocycles. The molecule has 1 atom stereocenters. The van der Waals surface area contributed by atoms with Crippen LogP contribution in [0.1, 0.15) is 24.2 Å². The zero-order valence-corrected chi connectivity index (χ0v) is 10.8. The van der Waals surface area contributed by atoms with Crippen LogP contribution in [-0.4, -0.2) is 9.55 Å². The van der Waals surface area contributed by atoms with Gasteiger partial charge in [-0.3, -0.25) is 0 Å². The largest absolute Gasteiger partial charge is 0.337 e. The van der Waals surface area contributed by atoms with Gasteiger partial charge < -0.3 is 9.55 Å². The van der Waals surface area contributed by atoms with Gasteiger partial charge in [-0.05, 0) is 43.8 Å². The Morgan fingerprint density at radius 2 is 2.19 bits per heavy atom. The smallest absolute Gasteiger partial charge is 0.177 e. The number of benzene rings is 1. The Kier molecular flexibility index (Phi) is 3.17. The second kappa shape index (κ2) is 4.44. The van der Waals surface area contributed by atoms with Crippen molar-refractivity contribution < 1.29 is 0 Å². The summed E-state index contributed by atoms with van der Waals surface area (Å²) in [6.07, 6.45) is 1.92. The second-order valence-electron chi connectivity index (χ2n) is 3.84. The Labute approximate surface area is 105 Å². The van der Waals surface area contributed by atoms with Crippen molar-refractivity contribution in [2.45, 2.75) is 19.9 Å². The van der Waals surface area contributed by atoms with Crippen LogP contribution in [0.4, 0.5) is 0 Å². The Bertz CT molecular complexity index is 556. The topological polar surface area (TPSA) is 20.7 Å². The Morgan fingerprint density at radius 1 is 1.44 bits per heavy atom. The Balaban J connectivity index is 2.47. The van der Waals surface area contributed by atoms with Crippen LogP contribution in [0, 0.1) is 11.7 Å². The van der Waals surface area contributed by atoms with Crippen LogP contribution >= 0.6 is 23.8 Å². The third-order valence-corrected chi connectivity index (χ3v) is 3.27. The summed E-state index contributed by atoms with van der Waals surface area (Å²) in [7, 11) is 0. The van der Waals surface area contributed by atoms with Crippen molar-refractivity contribution in [1.82, 2.24) is 9.55 Å². The maximum atomic E-state index is 5.99. The van der Waals surface area contributed by atoms with Crippen molar-refractivity contribution in [2.75, 3.05) is 0 Å². The lowest BCUT2D eigenvalue weighted by atomic mass is 10.1. The first-order valence-corrected chi connectivity index (χ1v) is 5.90. The van der Waals surface area contributed by atoms with Gasteiger partial charge in [0.15, 0.2) is 4.77 Å². The molecule has 4 heteroatoms. The third-order valence-electron chi connectivity index (χ3n) is 2.72. The zero-order chi connectivity index (χ0) is 11.7. The normalized spacial score (nSPS) is 12.7. The van der Waals surface area contributed by atoms with E-state index in [2.05, 4.69) is 22.5 Å². The van der Waals surface area contributed by atoms with Crippen LogP contribution in [0.3, 0.4) is 0 Å². The first kappa shape index (κ1) is 11.4. The van der Waals surface area contributed by atoms with E-state index in [1.54, 1.807) is 0 Å². The number of H-pyrrole nitrogens is 1. The van der Waals surface area contributed by atoms with E-state index in [1.165, 1.54) is 0 Å². The van der Waals surface area contributed by atoms with Crippen molar-refractivity contribution in [3.8, 4) is 0 Å². The molecule has 0 saturated carbocycles. The van der Waals surface area contributed by atoms with Gasteiger partial charge in [0.05, 0.1) is 6.04 Å². The molecule has 1 heterocycles. The molecule has 0 radical (unpaired) electrons. The summed E-state index contributed by atoms with van der Waals surface area (Å²) in [6, 6.07) is 8.06. The van der Waals surface area contributed by atoms with Crippen molar-refractivity contribution in [3.05, 3.63) is 51.5 Å². The van der Waals surface area contributed by atoms with Gasteiger partial charge >= 0.3 is 0 Å². The van der Waals surface area contributed by atoms with E-state index in [0.717, 1.165) is 21.1 Å². The van der Waals surface area contributed by atoms with Crippen molar-refractivity contribution in [1.29, 1.82) is 0 Å². The number of aromatic nitrogens is 2. The molecule has 2 nitrogen and oxygen atoms in total. The van der Waals surface area contributed by atoms with Gasteiger partial charge in [0.2, 0.25) is 0 Å². The van der Waals surface area contributed by atoms with E-state index < -0.39 is 0 Å². The van der Waals surface area contributed by atoms with Crippen LogP contribution in [0.25, 0.3) is 0 Å². The average molecular weight is 253 g/mol. The van der Waals surface area contributed by atoms with E-state index in [-0.39, 0.29) is 6.04 Å². The molecule has 0 aliphatic heterocycles. The predicted molar refractivity (Wildman–Crippen MR) is 69.6 cm³/mol. The van der Waals surface area contributed by atoms with Crippen LogP contribution < -0.4 is 0 Å². The molecule has 0 saturated heterocycles. The fraction of sp³-hybridized carbons (Fsp3) is 0.250. The highest BCUT2D eigenvalue weighted by Gasteiger charge is 2.11. The molecule has 84 valence electrons. The van der Waals surface area contributed by atoms with E-state index in [9.17, 15) is 0 Å². The highest BCUT2D eigenvalue weighted by atomic mass is 35.5. The number of aryl methyl sites for hydroxylation is 1. The molecule has 16 heavy (non-hydrogen) atoms. The summed E-state index contributed by atoms with van der Waals surface area (Å²) in [5.41, 5.74) is 2.28. The van der Waals surface area contributed by atoms with Crippen molar-refractivity contribution in [2.24, 2.45) is 0 Å². The lowest BCUT2D eigenvalue weighted by Gasteiger charge is -2.16. The molecule has 0 fully saturated rings. The van der Waals surface area contributed by atoms with Crippen LogP contribution in [0.15, 0.2) is 30.5 Å². The van der Waals surface area contributed by atoms with Gasteiger partial charge in [-0.1, -0.05) is 23.7 Å². The number of rotatable bonds is 2. The van der Waals surface area contributed by atoms with Gasteiger partial charge in [-0.2, -0.15) is 0 Å². The maximum absolute atomic E-state index is 5.99. The summed E-state index contributed by atoms with van der Waals surface area (Å²) in [5.74, 6) is 0. The molecule has 0 aliphatic carbocycles. The van der Waals surface area contributed by atoms with E-state index in [0.29, 0.717) is 0 Å². The van der Waals surface area contributed by atoms with E-state index >= 15 is 0 Å². The van der Waals surface area contributed by atoms with Gasteiger partial charge in [0.25, 0.3) is 0 Å². The summed E-state index contributed by atoms with van der Waals surface area (Å²) in [5, 5.41) is 0.754. The molecule has 0 amide bonds. The first-order chi connectivity index (χ1) is 7.59. The molecule has 1 aromatic heterocycles. The number of imidazole rings is 1. The molecule has 2 aromatic rings. The lowest BCUT2D eigenvalue weighted by molar-refractivity contribution is 0.614. The van der Waals surface area contributed by atoms with Crippen LogP contribution in [-0.2, 0) is 0 Å². The standard InChI is InChI=1S/C12H13ClN2S/c1-8-7-14-12(16)15(8)9(2)10-4-3-5-11(13)6-10/h3-7,9H,1-2H3,(H,14,16). The highest BCUT2D eigenvalue weighted by molar-refractivity contribution is 7.71. The number of nitrogens with one attached hydrogen (secondary N) is 1. The fourth-order valence-corrected chi connectivity index (χ4v) is 2.42. The molecule has 0 aliphatic rings. The van der Waals surface area contributed by atoms with E-state index in [4.69, 9.17) is 23.8 Å². The SMILES string of the molecule is Cc1c[nH]c(=S)n1C(C)c1cccc(Cl)c1. The number of hydrogen-bond acceptors (Lipinski definition) is 1. The first-order valence-electron chi connectivity index (χ1n) is 5.11. The maximum Gasteiger partial charge on any atom is 0.177 e. The van der Waals surface area contributed by atoms with Crippen LogP contribution in [0.2, 0.25) is 5.02 Å². The number of nitrogens with zero attached hydrogens (tertiary/aromatic N) is 1. The molecular weight excluding hydrogens is 240 g/mol. The zero-order valence-electron chi connectivity index (χ0n) is 9.20. The quantitative estimate of drug-likeness (QED) is 0.798.